The minimum atomic E-state index is -3.93. The Morgan fingerprint density at radius 2 is 2.10 bits per heavy atom. The number of rotatable bonds is 8. The average Bonchev–Trinajstić information content (AvgIpc) is 2.43. The Labute approximate surface area is 124 Å². The van der Waals surface area contributed by atoms with E-state index in [1.807, 2.05) is 6.92 Å². The van der Waals surface area contributed by atoms with Gasteiger partial charge in [0.1, 0.15) is 0 Å². The van der Waals surface area contributed by atoms with Gasteiger partial charge in [0.2, 0.25) is 10.0 Å². The molecule has 0 heterocycles. The number of sulfonamides is 1. The van der Waals surface area contributed by atoms with Gasteiger partial charge in [-0.05, 0) is 24.6 Å². The molecule has 0 aromatic heterocycles. The van der Waals surface area contributed by atoms with E-state index in [1.54, 1.807) is 0 Å². The van der Waals surface area contributed by atoms with E-state index in [9.17, 15) is 13.2 Å². The standard InChI is InChI=1S/C13H20N2O5S/c1-3-20-7-6-15-13(16)10-4-5-11(9-19-2)12(8-10)21(14,17)18/h4-5,8H,3,6-7,9H2,1-2H3,(H,15,16)(H2,14,17,18). The van der Waals surface area contributed by atoms with Crippen LogP contribution in [0.3, 0.4) is 0 Å². The Kier molecular flexibility index (Phi) is 6.76. The number of carbonyl (C=O) groups is 1. The van der Waals surface area contributed by atoms with E-state index < -0.39 is 10.0 Å². The molecule has 0 unspecified atom stereocenters. The molecule has 1 aromatic rings. The Morgan fingerprint density at radius 3 is 2.67 bits per heavy atom. The molecule has 3 N–H and O–H groups in total. The summed E-state index contributed by atoms with van der Waals surface area (Å²) in [4.78, 5) is 11.8. The van der Waals surface area contributed by atoms with Gasteiger partial charge in [-0.1, -0.05) is 6.07 Å². The van der Waals surface area contributed by atoms with Crippen molar-refractivity contribution in [3.8, 4) is 0 Å². The van der Waals surface area contributed by atoms with Crippen molar-refractivity contribution in [3.63, 3.8) is 0 Å². The molecule has 0 fully saturated rings. The fourth-order valence-corrected chi connectivity index (χ4v) is 2.50. The van der Waals surface area contributed by atoms with Crippen molar-refractivity contribution < 1.29 is 22.7 Å². The van der Waals surface area contributed by atoms with Gasteiger partial charge in [-0.2, -0.15) is 0 Å². The number of methoxy groups -OCH3 is 1. The summed E-state index contributed by atoms with van der Waals surface area (Å²) in [5.74, 6) is -0.386. The number of nitrogens with one attached hydrogen (secondary N) is 1. The van der Waals surface area contributed by atoms with Crippen LogP contribution in [0.4, 0.5) is 0 Å². The minimum Gasteiger partial charge on any atom is -0.380 e. The van der Waals surface area contributed by atoms with Gasteiger partial charge in [-0.3, -0.25) is 4.79 Å². The van der Waals surface area contributed by atoms with Gasteiger partial charge in [0, 0.05) is 25.8 Å². The first-order valence-electron chi connectivity index (χ1n) is 6.40. The molecule has 0 aliphatic heterocycles. The van der Waals surface area contributed by atoms with Gasteiger partial charge in [-0.25, -0.2) is 13.6 Å². The van der Waals surface area contributed by atoms with E-state index >= 15 is 0 Å². The molecule has 0 saturated carbocycles. The normalized spacial score (nSPS) is 11.4. The van der Waals surface area contributed by atoms with Crippen LogP contribution in [0.1, 0.15) is 22.8 Å². The van der Waals surface area contributed by atoms with Crippen molar-refractivity contribution in [2.75, 3.05) is 26.9 Å². The first kappa shape index (κ1) is 17.6. The number of amides is 1. The maximum absolute atomic E-state index is 11.9. The Morgan fingerprint density at radius 1 is 1.38 bits per heavy atom. The number of primary sulfonamides is 1. The first-order valence-corrected chi connectivity index (χ1v) is 7.95. The van der Waals surface area contributed by atoms with E-state index in [1.165, 1.54) is 25.3 Å². The predicted molar refractivity (Wildman–Crippen MR) is 77.4 cm³/mol. The van der Waals surface area contributed by atoms with Crippen molar-refractivity contribution in [3.05, 3.63) is 29.3 Å². The van der Waals surface area contributed by atoms with E-state index in [-0.39, 0.29) is 23.0 Å². The highest BCUT2D eigenvalue weighted by atomic mass is 32.2. The molecule has 0 radical (unpaired) electrons. The van der Waals surface area contributed by atoms with Crippen molar-refractivity contribution in [1.82, 2.24) is 5.32 Å². The highest BCUT2D eigenvalue weighted by molar-refractivity contribution is 7.89. The summed E-state index contributed by atoms with van der Waals surface area (Å²) >= 11 is 0. The molecule has 0 spiro atoms. The zero-order valence-corrected chi connectivity index (χ0v) is 12.9. The molecule has 21 heavy (non-hydrogen) atoms. The highest BCUT2D eigenvalue weighted by Gasteiger charge is 2.17. The summed E-state index contributed by atoms with van der Waals surface area (Å²) in [5, 5.41) is 7.79. The molecule has 0 atom stereocenters. The van der Waals surface area contributed by atoms with E-state index in [2.05, 4.69) is 5.32 Å². The van der Waals surface area contributed by atoms with Gasteiger partial charge in [0.15, 0.2) is 0 Å². The minimum absolute atomic E-state index is 0.0952. The topological polar surface area (TPSA) is 108 Å². The summed E-state index contributed by atoms with van der Waals surface area (Å²) in [6.07, 6.45) is 0. The fraction of sp³-hybridized carbons (Fsp3) is 0.462. The SMILES string of the molecule is CCOCCNC(=O)c1ccc(COC)c(S(N)(=O)=O)c1. The van der Waals surface area contributed by atoms with Gasteiger partial charge >= 0.3 is 0 Å². The highest BCUT2D eigenvalue weighted by Crippen LogP contribution is 2.17. The van der Waals surface area contributed by atoms with Crippen LogP contribution in [0.5, 0.6) is 0 Å². The number of ether oxygens (including phenoxy) is 2. The van der Waals surface area contributed by atoms with Gasteiger partial charge in [0.05, 0.1) is 18.1 Å². The maximum atomic E-state index is 11.9. The Hall–Kier alpha value is -1.48. The number of hydrogen-bond donors (Lipinski definition) is 2. The third-order valence-corrected chi connectivity index (χ3v) is 3.66. The van der Waals surface area contributed by atoms with Crippen LogP contribution in [0.25, 0.3) is 0 Å². The summed E-state index contributed by atoms with van der Waals surface area (Å²) in [6, 6.07) is 4.29. The smallest absolute Gasteiger partial charge is 0.251 e. The Balaban J connectivity index is 2.92. The summed E-state index contributed by atoms with van der Waals surface area (Å²) < 4.78 is 33.2. The lowest BCUT2D eigenvalue weighted by molar-refractivity contribution is 0.0922. The second kappa shape index (κ2) is 8.08. The largest absolute Gasteiger partial charge is 0.380 e. The lowest BCUT2D eigenvalue weighted by Gasteiger charge is -2.10. The molecular formula is C13H20N2O5S. The van der Waals surface area contributed by atoms with Gasteiger partial charge in [0.25, 0.3) is 5.91 Å². The van der Waals surface area contributed by atoms with Gasteiger partial charge < -0.3 is 14.8 Å². The molecule has 0 bridgehead atoms. The average molecular weight is 316 g/mol. The van der Waals surface area contributed by atoms with Crippen molar-refractivity contribution >= 4 is 15.9 Å². The van der Waals surface area contributed by atoms with Crippen LogP contribution in [0.2, 0.25) is 0 Å². The molecule has 8 heteroatoms. The molecule has 1 rings (SSSR count). The van der Waals surface area contributed by atoms with E-state index in [0.717, 1.165) is 0 Å². The van der Waals surface area contributed by atoms with Crippen molar-refractivity contribution in [2.45, 2.75) is 18.4 Å². The van der Waals surface area contributed by atoms with Crippen LogP contribution in [0, 0.1) is 0 Å². The summed E-state index contributed by atoms with van der Waals surface area (Å²) in [7, 11) is -2.48. The quantitative estimate of drug-likeness (QED) is 0.668. The second-order valence-corrected chi connectivity index (χ2v) is 5.78. The number of hydrogen-bond acceptors (Lipinski definition) is 5. The third-order valence-electron chi connectivity index (χ3n) is 2.67. The van der Waals surface area contributed by atoms with Gasteiger partial charge in [-0.15, -0.1) is 0 Å². The van der Waals surface area contributed by atoms with Crippen molar-refractivity contribution in [2.24, 2.45) is 5.14 Å². The first-order chi connectivity index (χ1) is 9.90. The summed E-state index contributed by atoms with van der Waals surface area (Å²) in [6.45, 7) is 3.26. The zero-order valence-electron chi connectivity index (χ0n) is 12.1. The van der Waals surface area contributed by atoms with Crippen LogP contribution < -0.4 is 10.5 Å². The lowest BCUT2D eigenvalue weighted by Crippen LogP contribution is -2.27. The predicted octanol–water partition coefficient (Wildman–Crippen LogP) is 0.247. The summed E-state index contributed by atoms with van der Waals surface area (Å²) in [5.41, 5.74) is 0.626. The third kappa shape index (κ3) is 5.43. The molecular weight excluding hydrogens is 296 g/mol. The van der Waals surface area contributed by atoms with Crippen LogP contribution in [0.15, 0.2) is 23.1 Å². The van der Waals surface area contributed by atoms with Crippen LogP contribution in [-0.4, -0.2) is 41.2 Å². The second-order valence-electron chi connectivity index (χ2n) is 4.25. The zero-order chi connectivity index (χ0) is 15.9. The molecule has 0 aliphatic carbocycles. The molecule has 0 aliphatic rings. The maximum Gasteiger partial charge on any atom is 0.251 e. The van der Waals surface area contributed by atoms with Crippen LogP contribution in [-0.2, 0) is 26.1 Å². The van der Waals surface area contributed by atoms with Crippen molar-refractivity contribution in [1.29, 1.82) is 0 Å². The number of nitrogens with two attached hydrogens (primary N) is 1. The van der Waals surface area contributed by atoms with E-state index in [0.29, 0.717) is 25.3 Å². The molecule has 118 valence electrons. The number of benzene rings is 1. The lowest BCUT2D eigenvalue weighted by atomic mass is 10.1. The molecule has 0 saturated heterocycles. The molecule has 7 nitrogen and oxygen atoms in total. The van der Waals surface area contributed by atoms with E-state index in [4.69, 9.17) is 14.6 Å². The molecule has 1 amide bonds. The monoisotopic (exact) mass is 316 g/mol. The number of carbonyl (C=O) groups excluding carboxylic acids is 1. The fourth-order valence-electron chi connectivity index (χ4n) is 1.72. The Bertz CT molecular complexity index is 586. The molecule has 1 aromatic carbocycles. The van der Waals surface area contributed by atoms with Crippen LogP contribution >= 0.6 is 0 Å².